The molecule has 0 radical (unpaired) electrons. The lowest BCUT2D eigenvalue weighted by molar-refractivity contribution is -0.119. The first-order valence-corrected chi connectivity index (χ1v) is 6.04. The highest BCUT2D eigenvalue weighted by Gasteiger charge is 2.24. The van der Waals surface area contributed by atoms with Crippen LogP contribution in [-0.2, 0) is 11.5 Å². The molecule has 110 valence electrons. The van der Waals surface area contributed by atoms with E-state index in [-0.39, 0.29) is 12.5 Å². The Morgan fingerprint density at radius 1 is 1.35 bits per heavy atom. The van der Waals surface area contributed by atoms with E-state index in [1.54, 1.807) is 4.57 Å². The zero-order valence-corrected chi connectivity index (χ0v) is 10.9. The average molecular weight is 283 g/mol. The van der Waals surface area contributed by atoms with Crippen molar-refractivity contribution in [2.75, 3.05) is 12.3 Å². The molecule has 0 aliphatic heterocycles. The smallest absolute Gasteiger partial charge is 0.167 e. The van der Waals surface area contributed by atoms with Crippen molar-refractivity contribution in [1.82, 2.24) is 19.5 Å². The van der Waals surface area contributed by atoms with Crippen molar-refractivity contribution in [3.8, 4) is 0 Å². The van der Waals surface area contributed by atoms with Crippen LogP contribution in [0.15, 0.2) is 12.7 Å². The first kappa shape index (κ1) is 14.6. The molecule has 5 N–H and O–H groups in total. The fourth-order valence-electron chi connectivity index (χ4n) is 1.74. The van der Waals surface area contributed by atoms with Crippen molar-refractivity contribution in [3.05, 3.63) is 12.7 Å². The molecule has 0 aliphatic rings. The van der Waals surface area contributed by atoms with Crippen molar-refractivity contribution in [2.24, 2.45) is 0 Å². The van der Waals surface area contributed by atoms with Crippen LogP contribution in [0.25, 0.3) is 11.2 Å². The third kappa shape index (κ3) is 2.85. The maximum atomic E-state index is 9.67. The molecule has 9 nitrogen and oxygen atoms in total. The fraction of sp³-hybridized carbons (Fsp3) is 0.545. The molecule has 9 heteroatoms. The Morgan fingerprint density at radius 2 is 2.10 bits per heavy atom. The number of hydrogen-bond donors (Lipinski definition) is 4. The second-order valence-corrected chi connectivity index (χ2v) is 4.39. The summed E-state index contributed by atoms with van der Waals surface area (Å²) in [5, 5.41) is 28.1. The molecule has 0 amide bonds. The van der Waals surface area contributed by atoms with Crippen molar-refractivity contribution in [2.45, 2.75) is 32.0 Å². The van der Waals surface area contributed by atoms with Gasteiger partial charge in [0.25, 0.3) is 0 Å². The molecule has 0 fully saturated rings. The van der Waals surface area contributed by atoms with Gasteiger partial charge in [-0.2, -0.15) is 0 Å². The Hall–Kier alpha value is -1.81. The van der Waals surface area contributed by atoms with E-state index in [4.69, 9.17) is 15.6 Å². The monoisotopic (exact) mass is 283 g/mol. The van der Waals surface area contributed by atoms with Crippen LogP contribution in [0.4, 0.5) is 5.82 Å². The van der Waals surface area contributed by atoms with Gasteiger partial charge in [0.15, 0.2) is 11.5 Å². The van der Waals surface area contributed by atoms with Gasteiger partial charge in [-0.3, -0.25) is 4.57 Å². The van der Waals surface area contributed by atoms with E-state index in [1.165, 1.54) is 19.6 Å². The number of anilines is 1. The van der Waals surface area contributed by atoms with Gasteiger partial charge in [0, 0.05) is 0 Å². The van der Waals surface area contributed by atoms with Gasteiger partial charge in [-0.25, -0.2) is 15.0 Å². The number of imidazole rings is 1. The van der Waals surface area contributed by atoms with E-state index >= 15 is 0 Å². The first-order valence-electron chi connectivity index (χ1n) is 6.04. The molecule has 0 spiro atoms. The number of nitrogen functional groups attached to an aromatic ring is 1. The largest absolute Gasteiger partial charge is 0.394 e. The first-order chi connectivity index (χ1) is 9.54. The summed E-state index contributed by atoms with van der Waals surface area (Å²) in [4.78, 5) is 11.9. The average Bonchev–Trinajstić information content (AvgIpc) is 2.84. The molecule has 2 unspecified atom stereocenters. The van der Waals surface area contributed by atoms with Crippen LogP contribution in [0.1, 0.15) is 6.92 Å². The van der Waals surface area contributed by atoms with Crippen LogP contribution in [0, 0.1) is 0 Å². The quantitative estimate of drug-likeness (QED) is 0.501. The maximum absolute atomic E-state index is 9.67. The summed E-state index contributed by atoms with van der Waals surface area (Å²) in [5.74, 6) is 0.261. The van der Waals surface area contributed by atoms with Crippen LogP contribution in [-0.4, -0.2) is 59.8 Å². The molecule has 2 aromatic heterocycles. The Balaban J connectivity index is 2.11. The van der Waals surface area contributed by atoms with Gasteiger partial charge in [0.1, 0.15) is 30.8 Å². The van der Waals surface area contributed by atoms with E-state index in [0.717, 1.165) is 0 Å². The number of ether oxygens (including phenoxy) is 1. The standard InChI is InChI=1S/C11H17N5O4/c1-6(18)9(19)7(2-17)20-5-16-4-15-8-10(12)13-3-14-11(8)16/h3-4,6-7,9,17-19H,2,5H2,1H3,(H2,12,13,14)/t6?,7-,9?/m1/s1. The van der Waals surface area contributed by atoms with Gasteiger partial charge in [-0.1, -0.05) is 0 Å². The minimum Gasteiger partial charge on any atom is -0.394 e. The number of aliphatic hydroxyl groups excluding tert-OH is 3. The minimum absolute atomic E-state index is 0.00194. The van der Waals surface area contributed by atoms with Crippen LogP contribution in [0.2, 0.25) is 0 Å². The SMILES string of the molecule is CC(O)C(O)[C@@H](CO)OCn1cnc2c(N)ncnc21. The third-order valence-electron chi connectivity index (χ3n) is 2.91. The molecule has 0 aliphatic carbocycles. The van der Waals surface area contributed by atoms with E-state index in [0.29, 0.717) is 11.2 Å². The van der Waals surface area contributed by atoms with Crippen LogP contribution in [0.5, 0.6) is 0 Å². The number of aromatic nitrogens is 4. The molecule has 2 rings (SSSR count). The summed E-state index contributed by atoms with van der Waals surface area (Å²) in [6, 6.07) is 0. The van der Waals surface area contributed by atoms with Gasteiger partial charge in [0.2, 0.25) is 0 Å². The molecule has 3 atom stereocenters. The van der Waals surface area contributed by atoms with Crippen molar-refractivity contribution < 1.29 is 20.1 Å². The van der Waals surface area contributed by atoms with E-state index < -0.39 is 24.9 Å². The maximum Gasteiger partial charge on any atom is 0.167 e. The van der Waals surface area contributed by atoms with Crippen molar-refractivity contribution >= 4 is 17.0 Å². The summed E-state index contributed by atoms with van der Waals surface area (Å²) in [6.45, 7) is 0.995. The van der Waals surface area contributed by atoms with Crippen molar-refractivity contribution in [1.29, 1.82) is 0 Å². The highest BCUT2D eigenvalue weighted by Crippen LogP contribution is 2.15. The molecular weight excluding hydrogens is 266 g/mol. The predicted molar refractivity (Wildman–Crippen MR) is 69.4 cm³/mol. The number of fused-ring (bicyclic) bond motifs is 1. The second kappa shape index (κ2) is 6.09. The lowest BCUT2D eigenvalue weighted by Crippen LogP contribution is -2.40. The molecule has 20 heavy (non-hydrogen) atoms. The Bertz CT molecular complexity index is 573. The molecule has 0 saturated carbocycles. The minimum atomic E-state index is -1.19. The number of nitrogens with two attached hydrogens (primary N) is 1. The molecule has 0 bridgehead atoms. The van der Waals surface area contributed by atoms with Gasteiger partial charge in [0.05, 0.1) is 19.0 Å². The molecule has 0 saturated heterocycles. The van der Waals surface area contributed by atoms with Crippen LogP contribution < -0.4 is 5.73 Å². The zero-order chi connectivity index (χ0) is 14.7. The number of aliphatic hydroxyl groups is 3. The van der Waals surface area contributed by atoms with Gasteiger partial charge >= 0.3 is 0 Å². The summed E-state index contributed by atoms with van der Waals surface area (Å²) in [6.07, 6.45) is -0.325. The summed E-state index contributed by atoms with van der Waals surface area (Å²) in [5.41, 5.74) is 6.60. The lowest BCUT2D eigenvalue weighted by atomic mass is 10.1. The molecule has 2 heterocycles. The zero-order valence-electron chi connectivity index (χ0n) is 10.9. The topological polar surface area (TPSA) is 140 Å². The molecule has 0 aromatic carbocycles. The Labute approximate surface area is 114 Å². The van der Waals surface area contributed by atoms with E-state index in [2.05, 4.69) is 15.0 Å². The van der Waals surface area contributed by atoms with Crippen LogP contribution >= 0.6 is 0 Å². The summed E-state index contributed by atoms with van der Waals surface area (Å²) < 4.78 is 6.93. The van der Waals surface area contributed by atoms with Crippen LogP contribution in [0.3, 0.4) is 0 Å². The Kier molecular flexibility index (Phi) is 4.45. The van der Waals surface area contributed by atoms with E-state index in [1.807, 2.05) is 0 Å². The van der Waals surface area contributed by atoms with Gasteiger partial charge in [-0.05, 0) is 6.92 Å². The summed E-state index contributed by atoms with van der Waals surface area (Å²) >= 11 is 0. The fourth-order valence-corrected chi connectivity index (χ4v) is 1.74. The van der Waals surface area contributed by atoms with Crippen molar-refractivity contribution in [3.63, 3.8) is 0 Å². The van der Waals surface area contributed by atoms with Gasteiger partial charge in [-0.15, -0.1) is 0 Å². The van der Waals surface area contributed by atoms with E-state index in [9.17, 15) is 10.2 Å². The number of rotatable bonds is 6. The normalized spacial score (nSPS) is 16.2. The third-order valence-corrected chi connectivity index (χ3v) is 2.91. The lowest BCUT2D eigenvalue weighted by Gasteiger charge is -2.23. The molecule has 2 aromatic rings. The highest BCUT2D eigenvalue weighted by molar-refractivity contribution is 5.80. The predicted octanol–water partition coefficient (Wildman–Crippen LogP) is -1.51. The number of nitrogens with zero attached hydrogens (tertiary/aromatic N) is 4. The second-order valence-electron chi connectivity index (χ2n) is 4.39. The Morgan fingerprint density at radius 3 is 2.75 bits per heavy atom. The molecular formula is C11H17N5O4. The highest BCUT2D eigenvalue weighted by atomic mass is 16.5. The number of hydrogen-bond acceptors (Lipinski definition) is 8. The summed E-state index contributed by atoms with van der Waals surface area (Å²) in [7, 11) is 0. The van der Waals surface area contributed by atoms with Gasteiger partial charge < -0.3 is 25.8 Å².